The number of carbonyl (C=O) groups is 1. The molecule has 0 aliphatic heterocycles. The zero-order valence-corrected chi connectivity index (χ0v) is 22.6. The Balaban J connectivity index is 2.09. The monoisotopic (exact) mass is 557 g/mol. The summed E-state index contributed by atoms with van der Waals surface area (Å²) in [6.45, 7) is 5.68. The van der Waals surface area contributed by atoms with Gasteiger partial charge in [-0.15, -0.1) is 0 Å². The molecule has 3 rings (SSSR count). The van der Waals surface area contributed by atoms with Crippen molar-refractivity contribution in [2.75, 3.05) is 20.8 Å². The van der Waals surface area contributed by atoms with Gasteiger partial charge in [0.2, 0.25) is 0 Å². The minimum absolute atomic E-state index is 0.0149. The Morgan fingerprint density at radius 3 is 2.10 bits per heavy atom. The first-order chi connectivity index (χ1) is 18.1. The summed E-state index contributed by atoms with van der Waals surface area (Å²) in [5, 5.41) is 0. The van der Waals surface area contributed by atoms with Crippen molar-refractivity contribution < 1.29 is 40.6 Å². The molecule has 0 spiro atoms. The number of nitrogens with zero attached hydrogens (tertiary/aromatic N) is 1. The van der Waals surface area contributed by atoms with Gasteiger partial charge in [-0.1, -0.05) is 26.8 Å². The van der Waals surface area contributed by atoms with Crippen LogP contribution < -0.4 is 4.74 Å². The maximum atomic E-state index is 13.4. The zero-order valence-electron chi connectivity index (χ0n) is 22.6. The van der Waals surface area contributed by atoms with E-state index in [-0.39, 0.29) is 30.0 Å². The average Bonchev–Trinajstić information content (AvgIpc) is 2.86. The third-order valence-corrected chi connectivity index (χ3v) is 6.96. The van der Waals surface area contributed by atoms with Gasteiger partial charge in [0.15, 0.2) is 0 Å². The van der Waals surface area contributed by atoms with Crippen LogP contribution in [0, 0.1) is 5.92 Å². The van der Waals surface area contributed by atoms with Gasteiger partial charge in [0.05, 0.1) is 25.3 Å². The Kier molecular flexibility index (Phi) is 9.28. The summed E-state index contributed by atoms with van der Waals surface area (Å²) in [5.41, 5.74) is 0.617. The Bertz CT molecular complexity index is 1180. The summed E-state index contributed by atoms with van der Waals surface area (Å²) in [7, 11) is 2.68. The molecule has 1 aliphatic carbocycles. The van der Waals surface area contributed by atoms with E-state index in [0.717, 1.165) is 40.7 Å². The fraction of sp³-hybridized carbons (Fsp3) is 0.483. The topological polar surface area (TPSA) is 38.8 Å². The summed E-state index contributed by atoms with van der Waals surface area (Å²) in [6.07, 6.45) is -8.65. The molecular formula is C29H33F6NO3. The fourth-order valence-corrected chi connectivity index (χ4v) is 4.89. The molecule has 1 unspecified atom stereocenters. The molecule has 4 nitrogen and oxygen atoms in total. The highest BCUT2D eigenvalue weighted by Crippen LogP contribution is 2.41. The van der Waals surface area contributed by atoms with Crippen LogP contribution in [0.25, 0.3) is 5.57 Å². The van der Waals surface area contributed by atoms with Crippen LogP contribution in [0.15, 0.2) is 42.0 Å². The molecule has 2 aromatic carbocycles. The number of rotatable bonds is 7. The second-order valence-electron chi connectivity index (χ2n) is 10.3. The van der Waals surface area contributed by atoms with Gasteiger partial charge in [0.25, 0.3) is 0 Å². The largest absolute Gasteiger partial charge is 0.496 e. The molecule has 1 amide bonds. The van der Waals surface area contributed by atoms with Crippen LogP contribution in [0.1, 0.15) is 73.8 Å². The molecule has 1 aliphatic rings. The molecule has 0 heterocycles. The molecular weight excluding hydrogens is 524 g/mol. The average molecular weight is 558 g/mol. The number of ether oxygens (including phenoxy) is 2. The number of methoxy groups -OCH3 is 2. The molecule has 214 valence electrons. The zero-order chi connectivity index (χ0) is 29.1. The van der Waals surface area contributed by atoms with Crippen LogP contribution in [-0.2, 0) is 23.6 Å². The number of benzene rings is 2. The van der Waals surface area contributed by atoms with Crippen molar-refractivity contribution >= 4 is 11.7 Å². The second-order valence-corrected chi connectivity index (χ2v) is 10.3. The number of halogens is 6. The highest BCUT2D eigenvalue weighted by Gasteiger charge is 2.37. The molecule has 0 aromatic heterocycles. The highest BCUT2D eigenvalue weighted by atomic mass is 19.4. The summed E-state index contributed by atoms with van der Waals surface area (Å²) < 4.78 is 91.0. The van der Waals surface area contributed by atoms with Crippen molar-refractivity contribution in [3.63, 3.8) is 0 Å². The SMILES string of the molecule is COC(=O)N(CC1=C(c2cc(C(C)C)ccc2OC)CCC(C)C1)Cc1cc(C(F)(F)F)cc(C(F)(F)F)c1. The van der Waals surface area contributed by atoms with E-state index >= 15 is 0 Å². The molecule has 1 atom stereocenters. The fourth-order valence-electron chi connectivity index (χ4n) is 4.89. The van der Waals surface area contributed by atoms with Gasteiger partial charge in [0, 0.05) is 18.7 Å². The van der Waals surface area contributed by atoms with Gasteiger partial charge in [-0.25, -0.2) is 4.79 Å². The molecule has 0 radical (unpaired) electrons. The Morgan fingerprint density at radius 2 is 1.59 bits per heavy atom. The van der Waals surface area contributed by atoms with E-state index in [0.29, 0.717) is 30.7 Å². The Labute approximate surface area is 224 Å². The van der Waals surface area contributed by atoms with Gasteiger partial charge < -0.3 is 9.47 Å². The molecule has 2 aromatic rings. The van der Waals surface area contributed by atoms with Crippen LogP contribution in [-0.4, -0.2) is 31.8 Å². The second kappa shape index (κ2) is 11.9. The minimum Gasteiger partial charge on any atom is -0.496 e. The van der Waals surface area contributed by atoms with Crippen molar-refractivity contribution in [2.45, 2.75) is 64.8 Å². The normalized spacial score (nSPS) is 16.5. The summed E-state index contributed by atoms with van der Waals surface area (Å²) in [4.78, 5) is 13.9. The molecule has 0 saturated heterocycles. The predicted molar refractivity (Wildman–Crippen MR) is 136 cm³/mol. The summed E-state index contributed by atoms with van der Waals surface area (Å²) >= 11 is 0. The van der Waals surface area contributed by atoms with Gasteiger partial charge >= 0.3 is 18.4 Å². The first kappa shape index (κ1) is 30.4. The van der Waals surface area contributed by atoms with E-state index in [4.69, 9.17) is 9.47 Å². The van der Waals surface area contributed by atoms with Crippen molar-refractivity contribution in [2.24, 2.45) is 5.92 Å². The van der Waals surface area contributed by atoms with Crippen LogP contribution in [0.3, 0.4) is 0 Å². The lowest BCUT2D eigenvalue weighted by Crippen LogP contribution is -2.33. The quantitative estimate of drug-likeness (QED) is 0.320. The van der Waals surface area contributed by atoms with Crippen molar-refractivity contribution in [3.8, 4) is 5.75 Å². The maximum absolute atomic E-state index is 13.4. The third-order valence-electron chi connectivity index (χ3n) is 6.96. The van der Waals surface area contributed by atoms with Gasteiger partial charge in [-0.05, 0) is 83.7 Å². The lowest BCUT2D eigenvalue weighted by atomic mass is 9.80. The summed E-state index contributed by atoms with van der Waals surface area (Å²) in [6, 6.07) is 7.25. The predicted octanol–water partition coefficient (Wildman–Crippen LogP) is 8.70. The minimum atomic E-state index is -4.99. The van der Waals surface area contributed by atoms with Crippen molar-refractivity contribution in [1.82, 2.24) is 4.90 Å². The number of alkyl halides is 6. The van der Waals surface area contributed by atoms with E-state index in [1.807, 2.05) is 18.2 Å². The Hall–Kier alpha value is -3.17. The maximum Gasteiger partial charge on any atom is 0.416 e. The third kappa shape index (κ3) is 7.48. The molecule has 10 heteroatoms. The lowest BCUT2D eigenvalue weighted by molar-refractivity contribution is -0.143. The van der Waals surface area contributed by atoms with Crippen molar-refractivity contribution in [3.05, 3.63) is 69.8 Å². The van der Waals surface area contributed by atoms with E-state index in [2.05, 4.69) is 20.8 Å². The van der Waals surface area contributed by atoms with Crippen LogP contribution in [0.2, 0.25) is 0 Å². The Morgan fingerprint density at radius 1 is 0.974 bits per heavy atom. The molecule has 39 heavy (non-hydrogen) atoms. The van der Waals surface area contributed by atoms with Crippen LogP contribution in [0.5, 0.6) is 5.75 Å². The van der Waals surface area contributed by atoms with Gasteiger partial charge in [0.1, 0.15) is 5.75 Å². The van der Waals surface area contributed by atoms with Crippen molar-refractivity contribution in [1.29, 1.82) is 0 Å². The number of amides is 1. The number of hydrogen-bond acceptors (Lipinski definition) is 3. The lowest BCUT2D eigenvalue weighted by Gasteiger charge is -2.31. The first-order valence-corrected chi connectivity index (χ1v) is 12.6. The molecule has 0 fully saturated rings. The summed E-state index contributed by atoms with van der Waals surface area (Å²) in [5.74, 6) is 1.17. The van der Waals surface area contributed by atoms with E-state index in [9.17, 15) is 31.1 Å². The van der Waals surface area contributed by atoms with Gasteiger partial charge in [-0.3, -0.25) is 4.90 Å². The van der Waals surface area contributed by atoms with Crippen LogP contribution >= 0.6 is 0 Å². The van der Waals surface area contributed by atoms with E-state index in [1.54, 1.807) is 7.11 Å². The smallest absolute Gasteiger partial charge is 0.416 e. The molecule has 0 bridgehead atoms. The standard InChI is InChI=1S/C29H33F6NO3/c1-17(2)20-7-9-26(38-4)25(13-20)24-8-6-18(3)10-21(24)16-36(27(37)39-5)15-19-11-22(28(30,31)32)14-23(12-19)29(33,34)35/h7,9,11-14,17-18H,6,8,10,15-16H2,1-5H3. The molecule has 0 saturated carbocycles. The molecule has 0 N–H and O–H groups in total. The van der Waals surface area contributed by atoms with E-state index < -0.39 is 36.1 Å². The van der Waals surface area contributed by atoms with Crippen LogP contribution in [0.4, 0.5) is 31.1 Å². The number of hydrogen-bond donors (Lipinski definition) is 0. The van der Waals surface area contributed by atoms with E-state index in [1.165, 1.54) is 0 Å². The highest BCUT2D eigenvalue weighted by molar-refractivity contribution is 5.76. The van der Waals surface area contributed by atoms with Gasteiger partial charge in [-0.2, -0.15) is 26.3 Å². The first-order valence-electron chi connectivity index (χ1n) is 12.6. The number of allylic oxidation sites excluding steroid dienone is 1. The number of carbonyl (C=O) groups excluding carboxylic acids is 1.